The van der Waals surface area contributed by atoms with Crippen LogP contribution in [0.2, 0.25) is 0 Å². The van der Waals surface area contributed by atoms with Gasteiger partial charge in [-0.25, -0.2) is 0 Å². The van der Waals surface area contributed by atoms with Gasteiger partial charge in [0, 0.05) is 10.0 Å². The molecule has 0 atom stereocenters. The summed E-state index contributed by atoms with van der Waals surface area (Å²) in [7, 11) is 0. The molecule has 1 aromatic carbocycles. The Bertz CT molecular complexity index is 443. The Labute approximate surface area is 93.6 Å². The Balaban J connectivity index is 3.59. The van der Waals surface area contributed by atoms with Gasteiger partial charge in [-0.05, 0) is 18.6 Å². The van der Waals surface area contributed by atoms with E-state index >= 15 is 0 Å². The molecule has 1 rings (SSSR count). The molecular formula is C10H7BrF3N. The highest BCUT2D eigenvalue weighted by Crippen LogP contribution is 2.40. The summed E-state index contributed by atoms with van der Waals surface area (Å²) < 4.78 is 37.7. The summed E-state index contributed by atoms with van der Waals surface area (Å²) in [6.45, 7) is 1.30. The predicted molar refractivity (Wildman–Crippen MR) is 56.2 cm³/mol. The topological polar surface area (TPSA) is 26.0 Å². The fourth-order valence-corrected chi connectivity index (χ4v) is 2.01. The molecular weight excluding hydrogens is 271 g/mol. The van der Waals surface area contributed by atoms with E-state index < -0.39 is 11.7 Å². The third kappa shape index (κ3) is 2.10. The number of nitrogen functional groups attached to an aromatic ring is 1. The van der Waals surface area contributed by atoms with E-state index in [0.29, 0.717) is 0 Å². The van der Waals surface area contributed by atoms with E-state index in [0.717, 1.165) is 0 Å². The Morgan fingerprint density at radius 3 is 2.40 bits per heavy atom. The van der Waals surface area contributed by atoms with E-state index in [1.807, 2.05) is 0 Å². The molecule has 5 heteroatoms. The highest BCUT2D eigenvalue weighted by atomic mass is 79.9. The van der Waals surface area contributed by atoms with Gasteiger partial charge < -0.3 is 5.73 Å². The Morgan fingerprint density at radius 2 is 2.00 bits per heavy atom. The smallest absolute Gasteiger partial charge is 0.397 e. The van der Waals surface area contributed by atoms with Gasteiger partial charge in [-0.3, -0.25) is 0 Å². The maximum atomic E-state index is 12.6. The highest BCUT2D eigenvalue weighted by molar-refractivity contribution is 9.10. The van der Waals surface area contributed by atoms with Gasteiger partial charge in [0.1, 0.15) is 0 Å². The monoisotopic (exact) mass is 277 g/mol. The summed E-state index contributed by atoms with van der Waals surface area (Å²) in [6.07, 6.45) is 0.675. The zero-order valence-electron chi connectivity index (χ0n) is 7.74. The zero-order valence-corrected chi connectivity index (χ0v) is 9.33. The van der Waals surface area contributed by atoms with Crippen LogP contribution in [0.4, 0.5) is 18.9 Å². The van der Waals surface area contributed by atoms with Gasteiger partial charge >= 0.3 is 6.18 Å². The predicted octanol–water partition coefficient (Wildman–Crippen LogP) is 3.34. The van der Waals surface area contributed by atoms with E-state index in [2.05, 4.69) is 21.9 Å². The molecule has 0 fully saturated rings. The van der Waals surface area contributed by atoms with Crippen LogP contribution >= 0.6 is 15.9 Å². The van der Waals surface area contributed by atoms with E-state index in [9.17, 15) is 13.2 Å². The first-order valence-electron chi connectivity index (χ1n) is 3.91. The molecule has 80 valence electrons. The first-order chi connectivity index (χ1) is 6.79. The minimum Gasteiger partial charge on any atom is -0.397 e. The maximum absolute atomic E-state index is 12.6. The summed E-state index contributed by atoms with van der Waals surface area (Å²) in [6, 6.07) is 1.20. The van der Waals surface area contributed by atoms with Crippen LogP contribution in [0.25, 0.3) is 0 Å². The van der Waals surface area contributed by atoms with Crippen molar-refractivity contribution in [2.24, 2.45) is 0 Å². The lowest BCUT2D eigenvalue weighted by atomic mass is 10.0. The van der Waals surface area contributed by atoms with Crippen molar-refractivity contribution < 1.29 is 13.2 Å². The van der Waals surface area contributed by atoms with Crippen molar-refractivity contribution in [3.05, 3.63) is 27.2 Å². The first-order valence-corrected chi connectivity index (χ1v) is 4.70. The fourth-order valence-electron chi connectivity index (χ4n) is 1.26. The molecule has 0 aliphatic heterocycles. The molecule has 15 heavy (non-hydrogen) atoms. The lowest BCUT2D eigenvalue weighted by Gasteiger charge is -2.15. The molecule has 0 unspecified atom stereocenters. The number of anilines is 1. The van der Waals surface area contributed by atoms with Gasteiger partial charge in [0.25, 0.3) is 0 Å². The number of nitrogens with two attached hydrogens (primary N) is 1. The average molecular weight is 278 g/mol. The summed E-state index contributed by atoms with van der Waals surface area (Å²) in [4.78, 5) is 0. The average Bonchev–Trinajstić information content (AvgIpc) is 2.09. The van der Waals surface area contributed by atoms with E-state index in [1.54, 1.807) is 0 Å². The van der Waals surface area contributed by atoms with E-state index in [1.165, 1.54) is 13.0 Å². The molecule has 0 radical (unpaired) electrons. The number of alkyl halides is 3. The summed E-state index contributed by atoms with van der Waals surface area (Å²) >= 11 is 2.84. The number of rotatable bonds is 0. The quantitative estimate of drug-likeness (QED) is 0.571. The van der Waals surface area contributed by atoms with Crippen LogP contribution in [0.1, 0.15) is 16.7 Å². The van der Waals surface area contributed by atoms with Gasteiger partial charge in [0.2, 0.25) is 0 Å². The molecule has 0 aliphatic carbocycles. The number of halogens is 4. The van der Waals surface area contributed by atoms with Crippen LogP contribution in [0.5, 0.6) is 0 Å². The van der Waals surface area contributed by atoms with Crippen molar-refractivity contribution in [2.45, 2.75) is 13.1 Å². The van der Waals surface area contributed by atoms with E-state index in [4.69, 9.17) is 12.2 Å². The van der Waals surface area contributed by atoms with Gasteiger partial charge in [-0.1, -0.05) is 21.9 Å². The van der Waals surface area contributed by atoms with Crippen molar-refractivity contribution in [3.8, 4) is 12.3 Å². The SMILES string of the molecule is C#Cc1cc(Br)c(C(F)(F)F)c(C)c1N. The molecule has 0 spiro atoms. The van der Waals surface area contributed by atoms with Crippen molar-refractivity contribution in [1.29, 1.82) is 0 Å². The molecule has 0 aromatic heterocycles. The van der Waals surface area contributed by atoms with Crippen LogP contribution in [-0.2, 0) is 6.18 Å². The number of hydrogen-bond acceptors (Lipinski definition) is 1. The van der Waals surface area contributed by atoms with Gasteiger partial charge in [-0.2, -0.15) is 13.2 Å². The summed E-state index contributed by atoms with van der Waals surface area (Å²) in [5.74, 6) is 2.23. The molecule has 2 N–H and O–H groups in total. The highest BCUT2D eigenvalue weighted by Gasteiger charge is 2.35. The maximum Gasteiger partial charge on any atom is 0.417 e. The molecule has 1 aromatic rings. The number of hydrogen-bond donors (Lipinski definition) is 1. The second-order valence-corrected chi connectivity index (χ2v) is 3.82. The van der Waals surface area contributed by atoms with Gasteiger partial charge in [0.15, 0.2) is 0 Å². The summed E-state index contributed by atoms with van der Waals surface area (Å²) in [5.41, 5.74) is 4.92. The standard InChI is InChI=1S/C10H7BrF3N/c1-3-6-4-7(11)8(10(12,13)14)5(2)9(6)15/h1,4H,15H2,2H3. The second kappa shape index (κ2) is 3.78. The second-order valence-electron chi connectivity index (χ2n) is 2.96. The van der Waals surface area contributed by atoms with Crippen LogP contribution in [0.15, 0.2) is 10.5 Å². The van der Waals surface area contributed by atoms with Crippen molar-refractivity contribution in [1.82, 2.24) is 0 Å². The molecule has 0 bridgehead atoms. The molecule has 1 nitrogen and oxygen atoms in total. The summed E-state index contributed by atoms with van der Waals surface area (Å²) in [5, 5.41) is 0. The molecule has 0 amide bonds. The fraction of sp³-hybridized carbons (Fsp3) is 0.200. The van der Waals surface area contributed by atoms with Crippen LogP contribution in [0.3, 0.4) is 0 Å². The van der Waals surface area contributed by atoms with Crippen LogP contribution in [0, 0.1) is 19.3 Å². The molecule has 0 aliphatic rings. The Hall–Kier alpha value is -1.15. The van der Waals surface area contributed by atoms with E-state index in [-0.39, 0.29) is 21.3 Å². The molecule has 0 saturated heterocycles. The van der Waals surface area contributed by atoms with Crippen molar-refractivity contribution in [3.63, 3.8) is 0 Å². The minimum atomic E-state index is -4.44. The number of benzene rings is 1. The number of terminal acetylenes is 1. The minimum absolute atomic E-state index is 0.00646. The Morgan fingerprint density at radius 1 is 1.47 bits per heavy atom. The van der Waals surface area contributed by atoms with Crippen molar-refractivity contribution >= 4 is 21.6 Å². The Kier molecular flexibility index (Phi) is 3.00. The lowest BCUT2D eigenvalue weighted by molar-refractivity contribution is -0.138. The zero-order chi connectivity index (χ0) is 11.8. The molecule has 0 saturated carbocycles. The van der Waals surface area contributed by atoms with Crippen LogP contribution in [-0.4, -0.2) is 0 Å². The third-order valence-corrected chi connectivity index (χ3v) is 2.64. The third-order valence-electron chi connectivity index (χ3n) is 2.02. The van der Waals surface area contributed by atoms with Crippen LogP contribution < -0.4 is 5.73 Å². The van der Waals surface area contributed by atoms with Gasteiger partial charge in [0.05, 0.1) is 11.3 Å². The molecule has 0 heterocycles. The first kappa shape index (κ1) is 11.9. The normalized spacial score (nSPS) is 11.2. The van der Waals surface area contributed by atoms with Gasteiger partial charge in [-0.15, -0.1) is 6.42 Å². The van der Waals surface area contributed by atoms with Crippen molar-refractivity contribution in [2.75, 3.05) is 5.73 Å². The largest absolute Gasteiger partial charge is 0.417 e. The lowest BCUT2D eigenvalue weighted by Crippen LogP contribution is -2.11.